The maximum Gasteiger partial charge on any atom is 0.313 e. The van der Waals surface area contributed by atoms with E-state index in [2.05, 4.69) is 4.74 Å². The van der Waals surface area contributed by atoms with Gasteiger partial charge in [0.2, 0.25) is 34.8 Å². The molecule has 0 saturated heterocycles. The van der Waals surface area contributed by atoms with Gasteiger partial charge in [-0.15, -0.1) is 0 Å². The van der Waals surface area contributed by atoms with Crippen molar-refractivity contribution < 1.29 is 55.2 Å². The van der Waals surface area contributed by atoms with E-state index in [1.807, 2.05) is 30.3 Å². The van der Waals surface area contributed by atoms with Crippen LogP contribution in [0.15, 0.2) is 30.3 Å². The molecule has 2 aromatic carbocycles. The zero-order valence-corrected chi connectivity index (χ0v) is 19.4. The van der Waals surface area contributed by atoms with Crippen LogP contribution < -0.4 is 4.74 Å². The third-order valence-electron chi connectivity index (χ3n) is 4.44. The van der Waals surface area contributed by atoms with Gasteiger partial charge >= 0.3 is 5.97 Å². The van der Waals surface area contributed by atoms with Gasteiger partial charge in [0, 0.05) is 0 Å². The van der Waals surface area contributed by atoms with E-state index in [1.165, 1.54) is 0 Å². The van der Waals surface area contributed by atoms with E-state index in [1.54, 1.807) is 0 Å². The molecule has 2 aromatic rings. The lowest BCUT2D eigenvalue weighted by molar-refractivity contribution is -0.136. The first-order chi connectivity index (χ1) is 17.4. The molecule has 0 N–H and O–H groups in total. The molecule has 0 atom stereocenters. The zero-order valence-electron chi connectivity index (χ0n) is 19.4. The lowest BCUT2D eigenvalue weighted by Crippen LogP contribution is -2.16. The van der Waals surface area contributed by atoms with Gasteiger partial charge in [-0.05, 0) is 5.56 Å². The number of esters is 1. The molecule has 12 heteroatoms. The Morgan fingerprint density at radius 2 is 0.972 bits per heavy atom. The molecule has 0 heterocycles. The first-order valence-corrected chi connectivity index (χ1v) is 11.1. The maximum absolute atomic E-state index is 13.5. The molecular weight excluding hydrogens is 495 g/mol. The van der Waals surface area contributed by atoms with E-state index in [0.717, 1.165) is 5.56 Å². The lowest BCUT2D eigenvalue weighted by Gasteiger charge is -2.09. The highest BCUT2D eigenvalue weighted by molar-refractivity contribution is 5.72. The van der Waals surface area contributed by atoms with Gasteiger partial charge in [0.05, 0.1) is 72.5 Å². The van der Waals surface area contributed by atoms with Crippen LogP contribution in [-0.4, -0.2) is 65.4 Å². The summed E-state index contributed by atoms with van der Waals surface area (Å²) in [6, 6.07) is 9.81. The Balaban J connectivity index is 1.39. The summed E-state index contributed by atoms with van der Waals surface area (Å²) in [5.74, 6) is -14.1. The minimum atomic E-state index is -2.34. The number of hydrogen-bond donors (Lipinski definition) is 0. The molecule has 36 heavy (non-hydrogen) atoms. The molecule has 0 radical (unpaired) electrons. The van der Waals surface area contributed by atoms with Gasteiger partial charge in [0.25, 0.3) is 0 Å². The molecule has 0 aromatic heterocycles. The Labute approximate surface area is 205 Å². The van der Waals surface area contributed by atoms with Gasteiger partial charge in [-0.2, -0.15) is 8.78 Å². The Morgan fingerprint density at radius 1 is 0.556 bits per heavy atom. The number of hydrogen-bond acceptors (Lipinski definition) is 7. The molecule has 0 unspecified atom stereocenters. The van der Waals surface area contributed by atoms with Gasteiger partial charge in [-0.1, -0.05) is 30.3 Å². The molecule has 0 aliphatic carbocycles. The summed E-state index contributed by atoms with van der Waals surface area (Å²) < 4.78 is 96.9. The summed E-state index contributed by atoms with van der Waals surface area (Å²) in [4.78, 5) is 11.6. The molecular formula is C24H27F5O7. The van der Waals surface area contributed by atoms with Crippen LogP contribution in [0.1, 0.15) is 12.0 Å². The fourth-order valence-electron chi connectivity index (χ4n) is 2.64. The molecule has 0 spiro atoms. The first kappa shape index (κ1) is 29.6. The Kier molecular flexibility index (Phi) is 13.9. The predicted octanol–water partition coefficient (Wildman–Crippen LogP) is 3.96. The highest BCUT2D eigenvalue weighted by Crippen LogP contribution is 2.29. The van der Waals surface area contributed by atoms with Gasteiger partial charge in [0.1, 0.15) is 0 Å². The van der Waals surface area contributed by atoms with Gasteiger partial charge in [-0.25, -0.2) is 13.2 Å². The smallest absolute Gasteiger partial charge is 0.313 e. The molecule has 200 valence electrons. The molecule has 0 aliphatic heterocycles. The van der Waals surface area contributed by atoms with Gasteiger partial charge < -0.3 is 28.4 Å². The lowest BCUT2D eigenvalue weighted by atomic mass is 10.2. The van der Waals surface area contributed by atoms with Crippen molar-refractivity contribution in [1.82, 2.24) is 0 Å². The average Bonchev–Trinajstić information content (AvgIpc) is 2.89. The molecule has 0 fully saturated rings. The van der Waals surface area contributed by atoms with Crippen LogP contribution >= 0.6 is 0 Å². The summed E-state index contributed by atoms with van der Waals surface area (Å²) in [6.45, 7) is 2.99. The average molecular weight is 522 g/mol. The summed E-state index contributed by atoms with van der Waals surface area (Å²) in [7, 11) is 0. The quantitative estimate of drug-likeness (QED) is 0.0733. The second kappa shape index (κ2) is 16.9. The third kappa shape index (κ3) is 10.5. The van der Waals surface area contributed by atoms with E-state index in [0.29, 0.717) is 46.2 Å². The van der Waals surface area contributed by atoms with Crippen molar-refractivity contribution in [1.29, 1.82) is 0 Å². The van der Waals surface area contributed by atoms with Crippen LogP contribution in [-0.2, 0) is 35.1 Å². The Bertz CT molecular complexity index is 902. The summed E-state index contributed by atoms with van der Waals surface area (Å²) in [6.07, 6.45) is -0.472. The molecule has 0 aliphatic rings. The number of benzene rings is 2. The monoisotopic (exact) mass is 522 g/mol. The Hall–Kier alpha value is -2.64. The topological polar surface area (TPSA) is 72.5 Å². The number of ether oxygens (including phenoxy) is 6. The number of rotatable bonds is 18. The largest absolute Gasteiger partial charge is 0.420 e. The van der Waals surface area contributed by atoms with Crippen LogP contribution in [0.4, 0.5) is 22.0 Å². The maximum atomic E-state index is 13.5. The van der Waals surface area contributed by atoms with Gasteiger partial charge in [-0.3, -0.25) is 4.79 Å². The molecule has 0 amide bonds. The van der Waals surface area contributed by atoms with E-state index < -0.39 is 47.2 Å². The fraction of sp³-hybridized carbons (Fsp3) is 0.458. The second-order valence-corrected chi connectivity index (χ2v) is 7.11. The highest BCUT2D eigenvalue weighted by Gasteiger charge is 2.28. The molecule has 2 rings (SSSR count). The van der Waals surface area contributed by atoms with E-state index >= 15 is 0 Å². The molecule has 7 nitrogen and oxygen atoms in total. The number of carbonyl (C=O) groups excluding carboxylic acids is 1. The van der Waals surface area contributed by atoms with Gasteiger partial charge in [0.15, 0.2) is 0 Å². The van der Waals surface area contributed by atoms with Crippen LogP contribution in [0, 0.1) is 29.1 Å². The van der Waals surface area contributed by atoms with Crippen LogP contribution in [0.2, 0.25) is 0 Å². The molecule has 0 saturated carbocycles. The number of halogens is 5. The molecule has 0 bridgehead atoms. The van der Waals surface area contributed by atoms with E-state index in [4.69, 9.17) is 23.7 Å². The van der Waals surface area contributed by atoms with Crippen LogP contribution in [0.25, 0.3) is 0 Å². The highest BCUT2D eigenvalue weighted by atomic mass is 19.2. The summed E-state index contributed by atoms with van der Waals surface area (Å²) in [5.41, 5.74) is 1.10. The first-order valence-electron chi connectivity index (χ1n) is 11.1. The Morgan fingerprint density at radius 3 is 1.47 bits per heavy atom. The predicted molar refractivity (Wildman–Crippen MR) is 116 cm³/mol. The van der Waals surface area contributed by atoms with Crippen molar-refractivity contribution in [3.8, 4) is 5.75 Å². The van der Waals surface area contributed by atoms with Crippen molar-refractivity contribution in [3.63, 3.8) is 0 Å². The zero-order chi connectivity index (χ0) is 26.2. The van der Waals surface area contributed by atoms with Crippen LogP contribution in [0.3, 0.4) is 0 Å². The van der Waals surface area contributed by atoms with Crippen molar-refractivity contribution in [3.05, 3.63) is 65.0 Å². The fourth-order valence-corrected chi connectivity index (χ4v) is 2.64. The van der Waals surface area contributed by atoms with Crippen LogP contribution in [0.5, 0.6) is 5.75 Å². The van der Waals surface area contributed by atoms with Crippen molar-refractivity contribution in [2.75, 3.05) is 59.5 Å². The second-order valence-electron chi connectivity index (χ2n) is 7.11. The summed E-state index contributed by atoms with van der Waals surface area (Å²) >= 11 is 0. The minimum absolute atomic E-state index is 0.0991. The van der Waals surface area contributed by atoms with E-state index in [9.17, 15) is 26.7 Å². The van der Waals surface area contributed by atoms with Crippen molar-refractivity contribution >= 4 is 5.97 Å². The minimum Gasteiger partial charge on any atom is -0.420 e. The van der Waals surface area contributed by atoms with E-state index in [-0.39, 0.29) is 19.8 Å². The third-order valence-corrected chi connectivity index (χ3v) is 4.44. The van der Waals surface area contributed by atoms with Crippen molar-refractivity contribution in [2.24, 2.45) is 0 Å². The normalized spacial score (nSPS) is 11.1. The standard InChI is InChI=1S/C24H27F5O7/c25-19-20(26)22(28)24(23(29)21(19)27)36-18(30)6-7-31-8-9-32-10-11-33-12-13-34-14-15-35-16-17-4-2-1-3-5-17/h1-5H,6-16H2. The van der Waals surface area contributed by atoms with Crippen molar-refractivity contribution in [2.45, 2.75) is 13.0 Å². The summed E-state index contributed by atoms with van der Waals surface area (Å²) in [5, 5.41) is 0. The SMILES string of the molecule is O=C(CCOCCOCCOCCOCCOCc1ccccc1)Oc1c(F)c(F)c(F)c(F)c1F. The number of carbonyl (C=O) groups is 1.